The van der Waals surface area contributed by atoms with Gasteiger partial charge in [-0.05, 0) is 57.9 Å². The standard InChI is InChI=1S/C38H22N2/c1-2-11-24-22-35-30(20-23(24)10-1)31-21-25-12-3-4-13-26(25)36-29-15-6-8-18-33(29)39(38(31)36)34-19-9-16-28-27-14-5-7-17-32(27)40(35)37(28)34/h1-22H. The van der Waals surface area contributed by atoms with Crippen molar-refractivity contribution >= 4 is 87.0 Å². The summed E-state index contributed by atoms with van der Waals surface area (Å²) in [7, 11) is 0. The van der Waals surface area contributed by atoms with Crippen LogP contribution in [0.2, 0.25) is 0 Å². The van der Waals surface area contributed by atoms with Gasteiger partial charge in [0.05, 0.1) is 33.1 Å². The maximum Gasteiger partial charge on any atom is 0.0782 e. The number of fused-ring (bicyclic) bond motifs is 13. The summed E-state index contributed by atoms with van der Waals surface area (Å²) in [5.74, 6) is 0. The average molecular weight is 507 g/mol. The number of aromatic nitrogens is 2. The van der Waals surface area contributed by atoms with Crippen LogP contribution >= 0.6 is 0 Å². The Balaban J connectivity index is 1.72. The third-order valence-corrected chi connectivity index (χ3v) is 8.97. The molecule has 0 aliphatic heterocycles. The van der Waals surface area contributed by atoms with Crippen molar-refractivity contribution in [3.05, 3.63) is 133 Å². The summed E-state index contributed by atoms with van der Waals surface area (Å²) >= 11 is 0. The summed E-state index contributed by atoms with van der Waals surface area (Å²) in [5.41, 5.74) is 7.45. The molecule has 3 aromatic heterocycles. The van der Waals surface area contributed by atoms with Crippen LogP contribution in [0.4, 0.5) is 0 Å². The van der Waals surface area contributed by atoms with E-state index in [1.54, 1.807) is 0 Å². The molecule has 0 N–H and O–H groups in total. The van der Waals surface area contributed by atoms with Gasteiger partial charge in [0.15, 0.2) is 0 Å². The molecular weight excluding hydrogens is 484 g/mol. The number of benzene rings is 7. The van der Waals surface area contributed by atoms with Crippen molar-refractivity contribution in [1.29, 1.82) is 0 Å². The van der Waals surface area contributed by atoms with Gasteiger partial charge in [-0.15, -0.1) is 0 Å². The molecule has 0 saturated heterocycles. The fraction of sp³-hybridized carbons (Fsp3) is 0. The minimum atomic E-state index is 1.22. The first kappa shape index (κ1) is 20.6. The first-order chi connectivity index (χ1) is 19.9. The second kappa shape index (κ2) is 7.19. The lowest BCUT2D eigenvalue weighted by Crippen LogP contribution is -1.94. The van der Waals surface area contributed by atoms with Crippen LogP contribution < -0.4 is 0 Å². The lowest BCUT2D eigenvalue weighted by atomic mass is 9.98. The van der Waals surface area contributed by atoms with E-state index in [0.717, 1.165) is 0 Å². The molecule has 0 aliphatic rings. The van der Waals surface area contributed by atoms with Crippen molar-refractivity contribution in [2.75, 3.05) is 0 Å². The van der Waals surface area contributed by atoms with Crippen molar-refractivity contribution in [1.82, 2.24) is 8.80 Å². The largest absolute Gasteiger partial charge is 0.307 e. The highest BCUT2D eigenvalue weighted by Crippen LogP contribution is 2.43. The van der Waals surface area contributed by atoms with E-state index in [-0.39, 0.29) is 0 Å². The average Bonchev–Trinajstić information content (AvgIpc) is 3.53. The van der Waals surface area contributed by atoms with Crippen molar-refractivity contribution in [3.63, 3.8) is 0 Å². The Hall–Kier alpha value is -5.34. The molecule has 0 radical (unpaired) electrons. The molecule has 0 saturated carbocycles. The van der Waals surface area contributed by atoms with Crippen LogP contribution in [0.15, 0.2) is 133 Å². The Morgan fingerprint density at radius 1 is 0.300 bits per heavy atom. The van der Waals surface area contributed by atoms with Crippen LogP contribution in [0.5, 0.6) is 0 Å². The molecule has 10 aromatic rings. The van der Waals surface area contributed by atoms with Crippen LogP contribution in [-0.2, 0) is 0 Å². The third-order valence-electron chi connectivity index (χ3n) is 8.97. The van der Waals surface area contributed by atoms with Gasteiger partial charge in [0.1, 0.15) is 0 Å². The zero-order valence-electron chi connectivity index (χ0n) is 21.6. The fourth-order valence-corrected chi connectivity index (χ4v) is 7.36. The highest BCUT2D eigenvalue weighted by atomic mass is 15.0. The topological polar surface area (TPSA) is 8.82 Å². The molecular formula is C38H22N2. The van der Waals surface area contributed by atoms with Gasteiger partial charge in [0, 0.05) is 32.3 Å². The Labute approximate surface area is 228 Å². The summed E-state index contributed by atoms with van der Waals surface area (Å²) in [6.07, 6.45) is 0. The minimum Gasteiger partial charge on any atom is -0.307 e. The number of nitrogens with zero attached hydrogens (tertiary/aromatic N) is 2. The molecule has 2 nitrogen and oxygen atoms in total. The zero-order chi connectivity index (χ0) is 25.9. The number of hydrogen-bond donors (Lipinski definition) is 0. The van der Waals surface area contributed by atoms with Crippen LogP contribution in [-0.4, -0.2) is 8.80 Å². The normalized spacial score (nSPS) is 12.5. The minimum absolute atomic E-state index is 1.22. The molecule has 2 heteroatoms. The summed E-state index contributed by atoms with van der Waals surface area (Å²) in [4.78, 5) is 0. The number of rotatable bonds is 0. The molecule has 0 fully saturated rings. The molecule has 0 unspecified atom stereocenters. The monoisotopic (exact) mass is 506 g/mol. The third kappa shape index (κ3) is 2.41. The molecule has 184 valence electrons. The number of hydrogen-bond acceptors (Lipinski definition) is 0. The zero-order valence-corrected chi connectivity index (χ0v) is 21.6. The maximum absolute atomic E-state index is 2.53. The van der Waals surface area contributed by atoms with E-state index in [1.165, 1.54) is 87.0 Å². The molecule has 7 aromatic carbocycles. The molecule has 0 spiro atoms. The fourth-order valence-electron chi connectivity index (χ4n) is 7.36. The summed E-state index contributed by atoms with van der Waals surface area (Å²) in [5, 5.41) is 12.8. The molecule has 0 amide bonds. The predicted molar refractivity (Wildman–Crippen MR) is 171 cm³/mol. The Morgan fingerprint density at radius 3 is 1.68 bits per heavy atom. The van der Waals surface area contributed by atoms with E-state index in [1.807, 2.05) is 0 Å². The van der Waals surface area contributed by atoms with Crippen LogP contribution in [0.1, 0.15) is 0 Å². The summed E-state index contributed by atoms with van der Waals surface area (Å²) < 4.78 is 5.04. The van der Waals surface area contributed by atoms with Crippen molar-refractivity contribution in [3.8, 4) is 0 Å². The molecule has 40 heavy (non-hydrogen) atoms. The van der Waals surface area contributed by atoms with Gasteiger partial charge < -0.3 is 8.80 Å². The van der Waals surface area contributed by atoms with E-state index in [4.69, 9.17) is 0 Å². The summed E-state index contributed by atoms with van der Waals surface area (Å²) in [6.45, 7) is 0. The highest BCUT2D eigenvalue weighted by molar-refractivity contribution is 6.30. The predicted octanol–water partition coefficient (Wildman–Crippen LogP) is 10.3. The quantitative estimate of drug-likeness (QED) is 0.193. The molecule has 3 heterocycles. The first-order valence-electron chi connectivity index (χ1n) is 13.9. The van der Waals surface area contributed by atoms with Gasteiger partial charge in [0.2, 0.25) is 0 Å². The van der Waals surface area contributed by atoms with Crippen LogP contribution in [0.3, 0.4) is 0 Å². The molecule has 0 atom stereocenters. The smallest absolute Gasteiger partial charge is 0.0782 e. The van der Waals surface area contributed by atoms with E-state index < -0.39 is 0 Å². The Kier molecular flexibility index (Phi) is 3.70. The van der Waals surface area contributed by atoms with Gasteiger partial charge in [-0.25, -0.2) is 0 Å². The van der Waals surface area contributed by atoms with Crippen molar-refractivity contribution < 1.29 is 0 Å². The molecule has 0 aliphatic carbocycles. The van der Waals surface area contributed by atoms with Gasteiger partial charge in [-0.1, -0.05) is 97.1 Å². The van der Waals surface area contributed by atoms with E-state index >= 15 is 0 Å². The lowest BCUT2D eigenvalue weighted by Gasteiger charge is -2.13. The van der Waals surface area contributed by atoms with E-state index in [9.17, 15) is 0 Å². The van der Waals surface area contributed by atoms with E-state index in [0.29, 0.717) is 0 Å². The SMILES string of the molecule is c1ccc2cc3c(cc2c1)c1cc2ccccc2c2c4ccccc4n(c4cccc5c6ccccc6n3c54)c12. The second-order valence-electron chi connectivity index (χ2n) is 11.0. The summed E-state index contributed by atoms with van der Waals surface area (Å²) in [6, 6.07) is 49.4. The van der Waals surface area contributed by atoms with Gasteiger partial charge >= 0.3 is 0 Å². The Bertz CT molecular complexity index is 2700. The van der Waals surface area contributed by atoms with Crippen LogP contribution in [0, 0.1) is 0 Å². The first-order valence-corrected chi connectivity index (χ1v) is 13.9. The highest BCUT2D eigenvalue weighted by Gasteiger charge is 2.20. The van der Waals surface area contributed by atoms with Crippen molar-refractivity contribution in [2.24, 2.45) is 0 Å². The second-order valence-corrected chi connectivity index (χ2v) is 11.0. The Morgan fingerprint density at radius 2 is 0.850 bits per heavy atom. The van der Waals surface area contributed by atoms with Gasteiger partial charge in [-0.3, -0.25) is 0 Å². The van der Waals surface area contributed by atoms with Crippen LogP contribution in [0.25, 0.3) is 87.0 Å². The van der Waals surface area contributed by atoms with Crippen molar-refractivity contribution in [2.45, 2.75) is 0 Å². The maximum atomic E-state index is 2.53. The molecule has 0 bridgehead atoms. The number of para-hydroxylation sites is 3. The van der Waals surface area contributed by atoms with Gasteiger partial charge in [0.25, 0.3) is 0 Å². The van der Waals surface area contributed by atoms with E-state index in [2.05, 4.69) is 142 Å². The van der Waals surface area contributed by atoms with Gasteiger partial charge in [-0.2, -0.15) is 0 Å². The molecule has 10 rings (SSSR count). The lowest BCUT2D eigenvalue weighted by molar-refractivity contribution is 1.30.